The van der Waals surface area contributed by atoms with E-state index in [2.05, 4.69) is 0 Å². The third kappa shape index (κ3) is 4.46. The van der Waals surface area contributed by atoms with E-state index in [4.69, 9.17) is 0 Å². The van der Waals surface area contributed by atoms with Gasteiger partial charge >= 0.3 is 12.1 Å². The van der Waals surface area contributed by atoms with Gasteiger partial charge in [0.05, 0.1) is 12.0 Å². The Labute approximate surface area is 183 Å². The van der Waals surface area contributed by atoms with Crippen LogP contribution in [-0.2, 0) is 23.9 Å². The van der Waals surface area contributed by atoms with Gasteiger partial charge in [0.1, 0.15) is 0 Å². The maximum absolute atomic E-state index is 13.0. The van der Waals surface area contributed by atoms with Crippen molar-refractivity contribution in [2.75, 3.05) is 11.9 Å². The molecule has 1 heterocycles. The molecule has 3 aromatic carbocycles. The Bertz CT molecular complexity index is 1260. The van der Waals surface area contributed by atoms with E-state index in [1.165, 1.54) is 6.07 Å². The molecule has 0 bridgehead atoms. The lowest BCUT2D eigenvalue weighted by atomic mass is 10.1. The van der Waals surface area contributed by atoms with Gasteiger partial charge in [0.15, 0.2) is 0 Å². The number of aromatic nitrogens is 1. The molecule has 0 spiro atoms. The molecule has 32 heavy (non-hydrogen) atoms. The van der Waals surface area contributed by atoms with E-state index < -0.39 is 17.7 Å². The molecule has 7 heteroatoms. The molecule has 0 radical (unpaired) electrons. The third-order valence-corrected chi connectivity index (χ3v) is 5.45. The lowest BCUT2D eigenvalue weighted by Crippen LogP contribution is -2.12. The second-order valence-electron chi connectivity index (χ2n) is 7.64. The molecule has 0 aliphatic heterocycles. The number of fused-ring (bicyclic) bond motifs is 1. The third-order valence-electron chi connectivity index (χ3n) is 5.45. The van der Waals surface area contributed by atoms with Crippen molar-refractivity contribution in [3.63, 3.8) is 0 Å². The predicted molar refractivity (Wildman–Crippen MR) is 118 cm³/mol. The summed E-state index contributed by atoms with van der Waals surface area (Å²) in [5.41, 5.74) is 3.23. The number of carboxylic acids is 1. The van der Waals surface area contributed by atoms with Crippen LogP contribution < -0.4 is 4.90 Å². The number of hydrogen-bond acceptors (Lipinski definition) is 2. The summed E-state index contributed by atoms with van der Waals surface area (Å²) in [4.78, 5) is 12.9. The van der Waals surface area contributed by atoms with Gasteiger partial charge < -0.3 is 14.6 Å². The minimum absolute atomic E-state index is 0.0474. The summed E-state index contributed by atoms with van der Waals surface area (Å²) in [6, 6.07) is 20.5. The van der Waals surface area contributed by atoms with Crippen molar-refractivity contribution in [1.29, 1.82) is 0 Å². The number of hydrogen-bond donors (Lipinski definition) is 1. The molecule has 0 unspecified atom stereocenters. The topological polar surface area (TPSA) is 45.5 Å². The molecule has 1 aromatic heterocycles. The quantitative estimate of drug-likeness (QED) is 0.395. The lowest BCUT2D eigenvalue weighted by molar-refractivity contribution is -0.138. The van der Waals surface area contributed by atoms with Gasteiger partial charge in [-0.2, -0.15) is 13.2 Å². The van der Waals surface area contributed by atoms with Crippen LogP contribution in [0.3, 0.4) is 0 Å². The summed E-state index contributed by atoms with van der Waals surface area (Å²) < 4.78 is 41.1. The summed E-state index contributed by atoms with van der Waals surface area (Å²) in [5.74, 6) is -0.880. The van der Waals surface area contributed by atoms with E-state index in [1.54, 1.807) is 18.0 Å². The summed E-state index contributed by atoms with van der Waals surface area (Å²) in [6.07, 6.45) is -2.57. The Kier molecular flexibility index (Phi) is 5.65. The lowest BCUT2D eigenvalue weighted by Gasteiger charge is -2.21. The normalized spacial score (nSPS) is 11.6. The van der Waals surface area contributed by atoms with Crippen LogP contribution >= 0.6 is 0 Å². The largest absolute Gasteiger partial charge is 0.481 e. The highest BCUT2D eigenvalue weighted by Gasteiger charge is 2.30. The highest BCUT2D eigenvalue weighted by Crippen LogP contribution is 2.33. The molecule has 0 aliphatic rings. The van der Waals surface area contributed by atoms with Crippen LogP contribution in [0.4, 0.5) is 24.5 Å². The molecule has 0 amide bonds. The summed E-state index contributed by atoms with van der Waals surface area (Å²) in [6.45, 7) is 0.549. The first-order valence-corrected chi connectivity index (χ1v) is 10.0. The van der Waals surface area contributed by atoms with Crippen molar-refractivity contribution in [3.8, 4) is 0 Å². The number of nitrogens with zero attached hydrogens (tertiary/aromatic N) is 2. The summed E-state index contributed by atoms with van der Waals surface area (Å²) >= 11 is 0. The van der Waals surface area contributed by atoms with Crippen LogP contribution in [0.25, 0.3) is 10.9 Å². The van der Waals surface area contributed by atoms with Crippen molar-refractivity contribution in [2.24, 2.45) is 0 Å². The number of anilines is 2. The first-order chi connectivity index (χ1) is 15.2. The molecule has 0 saturated heterocycles. The van der Waals surface area contributed by atoms with Crippen molar-refractivity contribution in [2.45, 2.75) is 19.1 Å². The van der Waals surface area contributed by atoms with Crippen molar-refractivity contribution < 1.29 is 23.1 Å². The first kappa shape index (κ1) is 21.5. The van der Waals surface area contributed by atoms with Gasteiger partial charge in [-0.05, 0) is 47.5 Å². The predicted octanol–water partition coefficient (Wildman–Crippen LogP) is 6.10. The van der Waals surface area contributed by atoms with E-state index >= 15 is 0 Å². The zero-order chi connectivity index (χ0) is 22.9. The van der Waals surface area contributed by atoms with E-state index in [9.17, 15) is 23.1 Å². The van der Waals surface area contributed by atoms with E-state index in [0.717, 1.165) is 39.8 Å². The van der Waals surface area contributed by atoms with E-state index in [1.807, 2.05) is 59.3 Å². The fourth-order valence-electron chi connectivity index (χ4n) is 3.82. The van der Waals surface area contributed by atoms with Crippen LogP contribution in [0.2, 0.25) is 0 Å². The van der Waals surface area contributed by atoms with Gasteiger partial charge in [-0.3, -0.25) is 4.79 Å². The van der Waals surface area contributed by atoms with Gasteiger partial charge in [-0.15, -0.1) is 0 Å². The summed E-state index contributed by atoms with van der Waals surface area (Å²) in [7, 11) is 1.72. The van der Waals surface area contributed by atoms with Crippen LogP contribution in [0.1, 0.15) is 16.7 Å². The van der Waals surface area contributed by atoms with Gasteiger partial charge in [0.25, 0.3) is 0 Å². The molecule has 4 aromatic rings. The Morgan fingerprint density at radius 2 is 1.69 bits per heavy atom. The van der Waals surface area contributed by atoms with Gasteiger partial charge in [0, 0.05) is 42.1 Å². The van der Waals surface area contributed by atoms with Crippen molar-refractivity contribution in [3.05, 3.63) is 95.7 Å². The molecule has 4 rings (SSSR count). The number of carboxylic acid groups (broad SMARTS) is 1. The number of aliphatic carboxylic acids is 1. The Morgan fingerprint density at radius 3 is 2.38 bits per heavy atom. The second-order valence-corrected chi connectivity index (χ2v) is 7.64. The summed E-state index contributed by atoms with van der Waals surface area (Å²) in [5, 5.41) is 10.1. The zero-order valence-corrected chi connectivity index (χ0v) is 17.3. The van der Waals surface area contributed by atoms with Crippen molar-refractivity contribution >= 4 is 28.2 Å². The van der Waals surface area contributed by atoms with Crippen molar-refractivity contribution in [1.82, 2.24) is 4.57 Å². The van der Waals surface area contributed by atoms with E-state index in [-0.39, 0.29) is 6.42 Å². The highest BCUT2D eigenvalue weighted by molar-refractivity contribution is 5.87. The smallest absolute Gasteiger partial charge is 0.416 e. The maximum atomic E-state index is 13.0. The van der Waals surface area contributed by atoms with Gasteiger partial charge in [-0.1, -0.05) is 36.4 Å². The Balaban J connectivity index is 1.57. The van der Waals surface area contributed by atoms with Crippen LogP contribution in [-0.4, -0.2) is 22.7 Å². The molecule has 1 N–H and O–H groups in total. The first-order valence-electron chi connectivity index (χ1n) is 10.0. The van der Waals surface area contributed by atoms with Gasteiger partial charge in [-0.25, -0.2) is 0 Å². The van der Waals surface area contributed by atoms with Crippen LogP contribution in [0, 0.1) is 0 Å². The SMILES string of the molecule is CN(c1ccc(Cn2cc(CC(=O)O)c3ccccc32)cc1)c1cccc(C(F)(F)F)c1. The van der Waals surface area contributed by atoms with Crippen LogP contribution in [0.5, 0.6) is 0 Å². The maximum Gasteiger partial charge on any atom is 0.416 e. The molecule has 0 aliphatic carbocycles. The average molecular weight is 438 g/mol. The standard InChI is InChI=1S/C25H21F3N2O2/c1-29(21-6-4-5-19(14-21)25(26,27)28)20-11-9-17(10-12-20)15-30-16-18(13-24(31)32)22-7-2-3-8-23(22)30/h2-12,14,16H,13,15H2,1H3,(H,31,32). The second kappa shape index (κ2) is 8.42. The monoisotopic (exact) mass is 438 g/mol. The number of carbonyl (C=O) groups is 1. The molecular formula is C25H21F3N2O2. The van der Waals surface area contributed by atoms with Gasteiger partial charge in [0.2, 0.25) is 0 Å². The Morgan fingerprint density at radius 1 is 0.969 bits per heavy atom. The molecule has 0 fully saturated rings. The van der Waals surface area contributed by atoms with E-state index in [0.29, 0.717) is 12.2 Å². The zero-order valence-electron chi connectivity index (χ0n) is 17.3. The number of rotatable bonds is 6. The number of halogens is 3. The molecular weight excluding hydrogens is 417 g/mol. The molecule has 4 nitrogen and oxygen atoms in total. The fraction of sp³-hybridized carbons (Fsp3) is 0.160. The number of benzene rings is 3. The Hall–Kier alpha value is -3.74. The highest BCUT2D eigenvalue weighted by atomic mass is 19.4. The number of para-hydroxylation sites is 1. The minimum atomic E-state index is -4.39. The molecule has 0 saturated carbocycles. The van der Waals surface area contributed by atoms with Crippen LogP contribution in [0.15, 0.2) is 79.0 Å². The fourth-order valence-corrected chi connectivity index (χ4v) is 3.82. The number of alkyl halides is 3. The molecule has 164 valence electrons. The average Bonchev–Trinajstić information content (AvgIpc) is 3.10. The molecule has 0 atom stereocenters. The minimum Gasteiger partial charge on any atom is -0.481 e.